The first-order chi connectivity index (χ1) is 27.8. The van der Waals surface area contributed by atoms with Crippen molar-refractivity contribution in [2.45, 2.75) is 121 Å². The number of nitrogens with zero attached hydrogens (tertiary/aromatic N) is 5. The molecule has 14 heteroatoms. The van der Waals surface area contributed by atoms with Crippen LogP contribution in [0.5, 0.6) is 0 Å². The van der Waals surface area contributed by atoms with Gasteiger partial charge >= 0.3 is 6.18 Å². The van der Waals surface area contributed by atoms with Gasteiger partial charge in [0.15, 0.2) is 5.69 Å². The lowest BCUT2D eigenvalue weighted by Gasteiger charge is -2.51. The molecule has 1 aromatic heterocycles. The number of aliphatic hydroxyl groups excluding tert-OH is 2. The van der Waals surface area contributed by atoms with E-state index in [1.54, 1.807) is 0 Å². The van der Waals surface area contributed by atoms with E-state index in [0.29, 0.717) is 24.6 Å². The molecule has 324 valence electrons. The number of aromatic nitrogens is 2. The van der Waals surface area contributed by atoms with Gasteiger partial charge in [-0.3, -0.25) is 9.88 Å². The largest absolute Gasteiger partial charge is 0.434 e. The molecule has 1 aromatic carbocycles. The van der Waals surface area contributed by atoms with Gasteiger partial charge in [0.25, 0.3) is 0 Å². The van der Waals surface area contributed by atoms with E-state index < -0.39 is 41.8 Å². The molecular weight excluding hydrogens is 748 g/mol. The number of nitrogens with one attached hydrogen (secondary N) is 2. The Morgan fingerprint density at radius 2 is 1.62 bits per heavy atom. The maximum atomic E-state index is 13.0. The molecule has 3 saturated heterocycles. The number of benzene rings is 1. The van der Waals surface area contributed by atoms with Crippen LogP contribution < -0.4 is 15.5 Å². The summed E-state index contributed by atoms with van der Waals surface area (Å²) >= 11 is 0. The van der Waals surface area contributed by atoms with Gasteiger partial charge < -0.3 is 40.5 Å². The van der Waals surface area contributed by atoms with Crippen molar-refractivity contribution >= 4 is 11.5 Å². The monoisotopic (exact) mass is 816 g/mol. The lowest BCUT2D eigenvalue weighted by Crippen LogP contribution is -2.59. The lowest BCUT2D eigenvalue weighted by atomic mass is 9.56. The van der Waals surface area contributed by atoms with Crippen molar-refractivity contribution in [3.8, 4) is 0 Å². The minimum absolute atomic E-state index is 0.0204. The fourth-order valence-corrected chi connectivity index (χ4v) is 11.3. The summed E-state index contributed by atoms with van der Waals surface area (Å²) in [5, 5.41) is 39.9. The topological polar surface area (TPSA) is 129 Å². The average Bonchev–Trinajstić information content (AvgIpc) is 3.48. The molecule has 11 nitrogen and oxygen atoms in total. The van der Waals surface area contributed by atoms with Crippen LogP contribution in [0.1, 0.15) is 89.8 Å². The van der Waals surface area contributed by atoms with E-state index >= 15 is 0 Å². The lowest BCUT2D eigenvalue weighted by molar-refractivity contribution is -0.148. The SMILES string of the molecule is CC[C@@H]1[C@H](C)CC[C@@]2(C)[C@H]1CC[C@@]2(O)CCCNCc1ccc(N2CCC(CN3CCN(C[C@H]4OC[C@H](Nc5cncc(C(F)(F)F)n5)[C@@H](O)[C@H]4O)CC3)CC2)cc1. The third kappa shape index (κ3) is 9.79. The summed E-state index contributed by atoms with van der Waals surface area (Å²) in [4.78, 5) is 14.4. The van der Waals surface area contributed by atoms with Gasteiger partial charge in [0, 0.05) is 64.6 Å². The molecule has 2 aliphatic carbocycles. The summed E-state index contributed by atoms with van der Waals surface area (Å²) in [6.45, 7) is 16.1. The molecule has 0 bridgehead atoms. The highest BCUT2D eigenvalue weighted by molar-refractivity contribution is 5.48. The summed E-state index contributed by atoms with van der Waals surface area (Å²) in [6, 6.07) is 8.21. The van der Waals surface area contributed by atoms with Crippen LogP contribution in [0.4, 0.5) is 24.7 Å². The molecule has 5 fully saturated rings. The minimum Gasteiger partial charge on any atom is -0.389 e. The first kappa shape index (κ1) is 43.5. The van der Waals surface area contributed by atoms with Crippen molar-refractivity contribution < 1.29 is 33.2 Å². The maximum absolute atomic E-state index is 13.0. The molecule has 7 rings (SSSR count). The van der Waals surface area contributed by atoms with E-state index in [1.807, 2.05) is 0 Å². The van der Waals surface area contributed by atoms with Crippen molar-refractivity contribution in [1.82, 2.24) is 25.1 Å². The zero-order valence-electron chi connectivity index (χ0n) is 34.8. The van der Waals surface area contributed by atoms with E-state index in [1.165, 1.54) is 36.9 Å². The first-order valence-corrected chi connectivity index (χ1v) is 22.1. The van der Waals surface area contributed by atoms with Crippen LogP contribution in [-0.4, -0.2) is 131 Å². The molecule has 2 saturated carbocycles. The zero-order valence-corrected chi connectivity index (χ0v) is 34.8. The van der Waals surface area contributed by atoms with E-state index in [9.17, 15) is 28.5 Å². The van der Waals surface area contributed by atoms with Crippen LogP contribution >= 0.6 is 0 Å². The molecule has 0 spiro atoms. The van der Waals surface area contributed by atoms with Gasteiger partial charge in [0.1, 0.15) is 18.0 Å². The Balaban J connectivity index is 0.764. The number of alkyl halides is 3. The summed E-state index contributed by atoms with van der Waals surface area (Å²) in [7, 11) is 0. The fraction of sp³-hybridized carbons (Fsp3) is 0.773. The van der Waals surface area contributed by atoms with Crippen LogP contribution in [0, 0.1) is 29.1 Å². The van der Waals surface area contributed by atoms with Gasteiger partial charge in [-0.25, -0.2) is 4.98 Å². The van der Waals surface area contributed by atoms with E-state index in [0.717, 1.165) is 109 Å². The molecule has 0 amide bonds. The van der Waals surface area contributed by atoms with Gasteiger partial charge in [-0.1, -0.05) is 39.3 Å². The molecule has 0 unspecified atom stereocenters. The quantitative estimate of drug-likeness (QED) is 0.157. The first-order valence-electron chi connectivity index (χ1n) is 22.1. The molecular formula is C44H68F3N7O4. The molecule has 0 radical (unpaired) electrons. The smallest absolute Gasteiger partial charge is 0.389 e. The summed E-state index contributed by atoms with van der Waals surface area (Å²) in [5.41, 5.74) is 1.00. The Kier molecular flexibility index (Phi) is 13.9. The van der Waals surface area contributed by atoms with Gasteiger partial charge in [0.2, 0.25) is 0 Å². The third-order valence-corrected chi connectivity index (χ3v) is 15.1. The highest BCUT2D eigenvalue weighted by atomic mass is 19.4. The second kappa shape index (κ2) is 18.6. The molecule has 4 heterocycles. The van der Waals surface area contributed by atoms with Crippen molar-refractivity contribution in [2.75, 3.05) is 75.7 Å². The van der Waals surface area contributed by atoms with Crippen LogP contribution in [0.15, 0.2) is 36.7 Å². The third-order valence-electron chi connectivity index (χ3n) is 15.1. The number of hydrogen-bond acceptors (Lipinski definition) is 11. The number of fused-ring (bicyclic) bond motifs is 1. The number of anilines is 2. The second-order valence-corrected chi connectivity index (χ2v) is 18.6. The second-order valence-electron chi connectivity index (χ2n) is 18.6. The summed E-state index contributed by atoms with van der Waals surface area (Å²) < 4.78 is 45.0. The summed E-state index contributed by atoms with van der Waals surface area (Å²) in [6.07, 6.45) is 4.15. The van der Waals surface area contributed by atoms with Crippen molar-refractivity contribution in [1.29, 1.82) is 0 Å². The number of piperazine rings is 1. The Labute approximate surface area is 343 Å². The van der Waals surface area contributed by atoms with Crippen molar-refractivity contribution in [3.05, 3.63) is 47.9 Å². The predicted octanol–water partition coefficient (Wildman–Crippen LogP) is 5.40. The molecule has 5 N–H and O–H groups in total. The Bertz CT molecular complexity index is 1610. The van der Waals surface area contributed by atoms with Crippen LogP contribution in [0.2, 0.25) is 0 Å². The molecule has 5 aliphatic rings. The Hall–Kier alpha value is -2.59. The van der Waals surface area contributed by atoms with Crippen LogP contribution in [0.3, 0.4) is 0 Å². The normalized spacial score (nSPS) is 34.3. The Morgan fingerprint density at radius 1 is 0.914 bits per heavy atom. The van der Waals surface area contributed by atoms with Crippen LogP contribution in [-0.2, 0) is 17.5 Å². The average molecular weight is 816 g/mol. The predicted molar refractivity (Wildman–Crippen MR) is 219 cm³/mol. The van der Waals surface area contributed by atoms with Crippen LogP contribution in [0.25, 0.3) is 0 Å². The van der Waals surface area contributed by atoms with Gasteiger partial charge in [-0.2, -0.15) is 13.2 Å². The molecule has 58 heavy (non-hydrogen) atoms. The number of aliphatic hydroxyl groups is 3. The van der Waals surface area contributed by atoms with E-state index in [4.69, 9.17) is 4.74 Å². The molecule has 2 aromatic rings. The fourth-order valence-electron chi connectivity index (χ4n) is 11.3. The maximum Gasteiger partial charge on any atom is 0.434 e. The number of piperidine rings is 1. The minimum atomic E-state index is -4.64. The molecule has 3 aliphatic heterocycles. The van der Waals surface area contributed by atoms with Gasteiger partial charge in [-0.05, 0) is 105 Å². The number of rotatable bonds is 14. The highest BCUT2D eigenvalue weighted by Crippen LogP contribution is 2.62. The highest BCUT2D eigenvalue weighted by Gasteiger charge is 2.59. The molecule has 9 atom stereocenters. The van der Waals surface area contributed by atoms with Gasteiger partial charge in [-0.15, -0.1) is 0 Å². The van der Waals surface area contributed by atoms with E-state index in [2.05, 4.69) is 80.3 Å². The van der Waals surface area contributed by atoms with Gasteiger partial charge in [0.05, 0.1) is 36.7 Å². The number of hydrogen-bond donors (Lipinski definition) is 5. The Morgan fingerprint density at radius 3 is 2.31 bits per heavy atom. The number of ether oxygens (including phenoxy) is 1. The van der Waals surface area contributed by atoms with Crippen molar-refractivity contribution in [2.24, 2.45) is 29.1 Å². The summed E-state index contributed by atoms with van der Waals surface area (Å²) in [5.74, 6) is 2.73. The standard InChI is InChI=1S/C44H68F3N7O4/c1-4-34-30(2)10-15-42(3)35(34)11-16-43(42,57)14-5-17-48-24-31-6-8-33(9-7-31)54-18-12-32(13-19-54)27-52-20-22-53(23-21-52)28-37-41(56)40(55)36(29-58-37)50-39-26-49-25-38(51-39)44(45,46)47/h6-9,25-26,30,32,34-37,40-41,48,55-57H,4-5,10-24,27-29H2,1-3H3,(H,50,51)/t30-,34-,35+,36+,37-,40-,41+,42+,43+/m1/s1. The number of halogens is 3. The van der Waals surface area contributed by atoms with Crippen molar-refractivity contribution in [3.63, 3.8) is 0 Å². The zero-order chi connectivity index (χ0) is 41.1. The van der Waals surface area contributed by atoms with E-state index in [-0.39, 0.29) is 17.8 Å².